The molecule has 3 aromatic rings. The Bertz CT molecular complexity index is 851. The largest absolute Gasteiger partial charge is 0.340 e. The van der Waals surface area contributed by atoms with Crippen molar-refractivity contribution in [1.29, 1.82) is 0 Å². The molecular formula is C18H17ClN2OS2. The van der Waals surface area contributed by atoms with Gasteiger partial charge in [0, 0.05) is 18.6 Å². The number of carbonyl (C=O) groups excluding carboxylic acids is 1. The van der Waals surface area contributed by atoms with E-state index < -0.39 is 0 Å². The van der Waals surface area contributed by atoms with Crippen molar-refractivity contribution in [2.45, 2.75) is 23.1 Å². The van der Waals surface area contributed by atoms with Crippen molar-refractivity contribution in [2.75, 3.05) is 7.05 Å². The third-order valence-electron chi connectivity index (χ3n) is 3.59. The second kappa shape index (κ2) is 7.55. The highest BCUT2D eigenvalue weighted by atomic mass is 35.5. The van der Waals surface area contributed by atoms with E-state index in [1.54, 1.807) is 16.2 Å². The van der Waals surface area contributed by atoms with Crippen LogP contribution < -0.4 is 0 Å². The normalized spacial score (nSPS) is 12.3. The van der Waals surface area contributed by atoms with Gasteiger partial charge < -0.3 is 4.90 Å². The molecule has 1 unspecified atom stereocenters. The molecule has 24 heavy (non-hydrogen) atoms. The minimum Gasteiger partial charge on any atom is -0.340 e. The topological polar surface area (TPSA) is 33.2 Å². The average molecular weight is 377 g/mol. The molecule has 0 spiro atoms. The molecule has 1 heterocycles. The van der Waals surface area contributed by atoms with Crippen molar-refractivity contribution in [1.82, 2.24) is 9.88 Å². The van der Waals surface area contributed by atoms with Crippen LogP contribution in [0.4, 0.5) is 0 Å². The maximum atomic E-state index is 12.6. The number of halogens is 1. The van der Waals surface area contributed by atoms with Crippen LogP contribution in [0.2, 0.25) is 5.02 Å². The molecule has 3 nitrogen and oxygen atoms in total. The number of nitrogens with zero attached hydrogens (tertiary/aromatic N) is 2. The Labute approximate surface area is 154 Å². The van der Waals surface area contributed by atoms with Gasteiger partial charge in [0.1, 0.15) is 0 Å². The van der Waals surface area contributed by atoms with Crippen LogP contribution in [-0.4, -0.2) is 28.1 Å². The van der Waals surface area contributed by atoms with E-state index >= 15 is 0 Å². The molecule has 3 rings (SSSR count). The summed E-state index contributed by atoms with van der Waals surface area (Å²) in [5.74, 6) is 0.0983. The van der Waals surface area contributed by atoms with Gasteiger partial charge >= 0.3 is 0 Å². The zero-order chi connectivity index (χ0) is 17.1. The van der Waals surface area contributed by atoms with E-state index in [1.165, 1.54) is 11.8 Å². The number of aromatic nitrogens is 1. The summed E-state index contributed by atoms with van der Waals surface area (Å²) >= 11 is 9.08. The SMILES string of the molecule is CC(Sc1nc2cc(Cl)ccc2s1)C(=O)N(C)Cc1ccccc1. The quantitative estimate of drug-likeness (QED) is 0.581. The second-order valence-corrected chi connectivity index (χ2v) is 8.59. The summed E-state index contributed by atoms with van der Waals surface area (Å²) in [6.07, 6.45) is 0. The fourth-order valence-electron chi connectivity index (χ4n) is 2.38. The molecular weight excluding hydrogens is 360 g/mol. The van der Waals surface area contributed by atoms with Crippen LogP contribution in [0, 0.1) is 0 Å². The molecule has 2 aromatic carbocycles. The number of amides is 1. The number of thiazole rings is 1. The van der Waals surface area contributed by atoms with Crippen molar-refractivity contribution in [3.63, 3.8) is 0 Å². The van der Waals surface area contributed by atoms with E-state index in [0.717, 1.165) is 20.1 Å². The summed E-state index contributed by atoms with van der Waals surface area (Å²) in [7, 11) is 1.84. The van der Waals surface area contributed by atoms with Crippen LogP contribution in [-0.2, 0) is 11.3 Å². The molecule has 0 aliphatic rings. The number of benzene rings is 2. The Morgan fingerprint density at radius 2 is 2.04 bits per heavy atom. The molecule has 0 aliphatic heterocycles. The zero-order valence-corrected chi connectivity index (χ0v) is 15.8. The molecule has 124 valence electrons. The zero-order valence-electron chi connectivity index (χ0n) is 13.4. The first kappa shape index (κ1) is 17.3. The van der Waals surface area contributed by atoms with E-state index in [1.807, 2.05) is 62.5 Å². The molecule has 1 atom stereocenters. The number of fused-ring (bicyclic) bond motifs is 1. The lowest BCUT2D eigenvalue weighted by molar-refractivity contribution is -0.129. The van der Waals surface area contributed by atoms with Gasteiger partial charge in [-0.15, -0.1) is 11.3 Å². The number of hydrogen-bond donors (Lipinski definition) is 0. The number of hydrogen-bond acceptors (Lipinski definition) is 4. The molecule has 0 aliphatic carbocycles. The third kappa shape index (κ3) is 4.09. The maximum absolute atomic E-state index is 12.6. The minimum absolute atomic E-state index is 0.0983. The summed E-state index contributed by atoms with van der Waals surface area (Å²) in [6.45, 7) is 2.54. The Hall–Kier alpha value is -1.56. The molecule has 6 heteroatoms. The molecule has 0 saturated carbocycles. The third-order valence-corrected chi connectivity index (χ3v) is 6.05. The van der Waals surface area contributed by atoms with Crippen molar-refractivity contribution in [2.24, 2.45) is 0 Å². The van der Waals surface area contributed by atoms with Crippen LogP contribution in [0.25, 0.3) is 10.2 Å². The molecule has 0 saturated heterocycles. The standard InChI is InChI=1S/C18H17ClN2OS2/c1-12(17(22)21(2)11-13-6-4-3-5-7-13)23-18-20-15-10-14(19)8-9-16(15)24-18/h3-10,12H,11H2,1-2H3. The monoisotopic (exact) mass is 376 g/mol. The Morgan fingerprint density at radius 3 is 2.79 bits per heavy atom. The minimum atomic E-state index is -0.185. The molecule has 1 amide bonds. The van der Waals surface area contributed by atoms with Gasteiger partial charge in [-0.3, -0.25) is 4.79 Å². The van der Waals surface area contributed by atoms with Crippen molar-refractivity contribution >= 4 is 50.8 Å². The fraction of sp³-hybridized carbons (Fsp3) is 0.222. The van der Waals surface area contributed by atoms with Crippen LogP contribution >= 0.6 is 34.7 Å². The number of thioether (sulfide) groups is 1. The smallest absolute Gasteiger partial charge is 0.235 e. The Kier molecular flexibility index (Phi) is 5.43. The van der Waals surface area contributed by atoms with E-state index in [0.29, 0.717) is 11.6 Å². The maximum Gasteiger partial charge on any atom is 0.235 e. The van der Waals surface area contributed by atoms with Crippen molar-refractivity contribution in [3.05, 3.63) is 59.1 Å². The van der Waals surface area contributed by atoms with Crippen LogP contribution in [0.5, 0.6) is 0 Å². The second-order valence-electron chi connectivity index (χ2n) is 5.53. The summed E-state index contributed by atoms with van der Waals surface area (Å²) in [5, 5.41) is 0.491. The molecule has 0 bridgehead atoms. The van der Waals surface area contributed by atoms with Gasteiger partial charge in [-0.2, -0.15) is 0 Å². The highest BCUT2D eigenvalue weighted by molar-refractivity contribution is 8.02. The predicted octanol–water partition coefficient (Wildman–Crippen LogP) is 5.09. The number of rotatable bonds is 5. The highest BCUT2D eigenvalue weighted by Gasteiger charge is 2.20. The first-order valence-electron chi connectivity index (χ1n) is 7.54. The number of carbonyl (C=O) groups is 1. The van der Waals surface area contributed by atoms with Crippen LogP contribution in [0.1, 0.15) is 12.5 Å². The summed E-state index contributed by atoms with van der Waals surface area (Å²) in [6, 6.07) is 15.7. The first-order valence-corrected chi connectivity index (χ1v) is 9.62. The fourth-order valence-corrected chi connectivity index (χ4v) is 4.85. The van der Waals surface area contributed by atoms with Gasteiger partial charge in [-0.05, 0) is 30.7 Å². The van der Waals surface area contributed by atoms with Gasteiger partial charge in [0.25, 0.3) is 0 Å². The van der Waals surface area contributed by atoms with Gasteiger partial charge in [-0.25, -0.2) is 4.98 Å². The summed E-state index contributed by atoms with van der Waals surface area (Å²) in [4.78, 5) is 18.9. The van der Waals surface area contributed by atoms with Crippen LogP contribution in [0.3, 0.4) is 0 Å². The van der Waals surface area contributed by atoms with Gasteiger partial charge in [0.05, 0.1) is 15.5 Å². The van der Waals surface area contributed by atoms with Gasteiger partial charge in [0.15, 0.2) is 4.34 Å². The highest BCUT2D eigenvalue weighted by Crippen LogP contribution is 2.33. The Morgan fingerprint density at radius 1 is 1.29 bits per heavy atom. The van der Waals surface area contributed by atoms with Crippen LogP contribution in [0.15, 0.2) is 52.9 Å². The lowest BCUT2D eigenvalue weighted by Gasteiger charge is -2.20. The van der Waals surface area contributed by atoms with E-state index in [2.05, 4.69) is 4.98 Å². The first-order chi connectivity index (χ1) is 11.5. The Balaban J connectivity index is 1.66. The molecule has 0 radical (unpaired) electrons. The van der Waals surface area contributed by atoms with Gasteiger partial charge in [0.2, 0.25) is 5.91 Å². The van der Waals surface area contributed by atoms with Crippen molar-refractivity contribution in [3.8, 4) is 0 Å². The predicted molar refractivity (Wildman–Crippen MR) is 103 cm³/mol. The van der Waals surface area contributed by atoms with Gasteiger partial charge in [-0.1, -0.05) is 53.7 Å². The average Bonchev–Trinajstić information content (AvgIpc) is 2.96. The molecule has 1 aromatic heterocycles. The molecule has 0 N–H and O–H groups in total. The van der Waals surface area contributed by atoms with E-state index in [-0.39, 0.29) is 11.2 Å². The summed E-state index contributed by atoms with van der Waals surface area (Å²) < 4.78 is 1.97. The van der Waals surface area contributed by atoms with E-state index in [4.69, 9.17) is 11.6 Å². The summed E-state index contributed by atoms with van der Waals surface area (Å²) in [5.41, 5.74) is 2.01. The van der Waals surface area contributed by atoms with Crippen molar-refractivity contribution < 1.29 is 4.79 Å². The lowest BCUT2D eigenvalue weighted by Crippen LogP contribution is -2.32. The molecule has 0 fully saturated rings. The van der Waals surface area contributed by atoms with E-state index in [9.17, 15) is 4.79 Å². The lowest BCUT2D eigenvalue weighted by atomic mass is 10.2.